The van der Waals surface area contributed by atoms with Gasteiger partial charge in [0.05, 0.1) is 30.7 Å². The number of carbonyl (C=O) groups excluding carboxylic acids is 1. The molecule has 0 spiro atoms. The Balaban J connectivity index is 1.70. The molecule has 0 aliphatic carbocycles. The number of fused-ring (bicyclic) bond motifs is 1. The Labute approximate surface area is 137 Å². The largest absolute Gasteiger partial charge is 0.479 e. The zero-order chi connectivity index (χ0) is 16.9. The number of hydrogen-bond donors (Lipinski definition) is 4. The van der Waals surface area contributed by atoms with Gasteiger partial charge in [0, 0.05) is 12.3 Å². The molecule has 0 radical (unpaired) electrons. The average molecular weight is 327 g/mol. The minimum absolute atomic E-state index is 0.207. The van der Waals surface area contributed by atoms with Crippen LogP contribution in [-0.2, 0) is 0 Å². The molecule has 0 aliphatic heterocycles. The number of carbonyl (C=O) groups is 1. The standard InChI is InChI=1S/C16H17N5O3/c1-24-15-11-8-17-14(7-12(11)20-21-15)19-16(23)18-13(9-22)10-5-3-2-4-6-10/h2-8,13,22H,9H2,1H3,(H,20,21)(H2,17,18,19,23). The summed E-state index contributed by atoms with van der Waals surface area (Å²) in [6.07, 6.45) is 1.56. The van der Waals surface area contributed by atoms with E-state index in [9.17, 15) is 9.90 Å². The smallest absolute Gasteiger partial charge is 0.320 e. The number of aliphatic hydroxyl groups excluding tert-OH is 1. The number of ether oxygens (including phenoxy) is 1. The lowest BCUT2D eigenvalue weighted by atomic mass is 10.1. The van der Waals surface area contributed by atoms with Gasteiger partial charge in [0.1, 0.15) is 5.82 Å². The molecule has 8 nitrogen and oxygen atoms in total. The highest BCUT2D eigenvalue weighted by Gasteiger charge is 2.14. The maximum atomic E-state index is 12.1. The van der Waals surface area contributed by atoms with Crippen LogP contribution >= 0.6 is 0 Å². The van der Waals surface area contributed by atoms with Gasteiger partial charge in [-0.3, -0.25) is 10.4 Å². The first-order valence-corrected chi connectivity index (χ1v) is 7.32. The van der Waals surface area contributed by atoms with Gasteiger partial charge in [-0.2, -0.15) is 0 Å². The second-order valence-corrected chi connectivity index (χ2v) is 5.09. The molecule has 1 aromatic carbocycles. The fraction of sp³-hybridized carbons (Fsp3) is 0.188. The summed E-state index contributed by atoms with van der Waals surface area (Å²) in [7, 11) is 1.52. The van der Waals surface area contributed by atoms with Crippen LogP contribution in [0.1, 0.15) is 11.6 Å². The summed E-state index contributed by atoms with van der Waals surface area (Å²) < 4.78 is 5.09. The number of amides is 2. The number of rotatable bonds is 5. The Hall–Kier alpha value is -3.13. The normalized spacial score (nSPS) is 11.9. The first-order chi connectivity index (χ1) is 11.7. The van der Waals surface area contributed by atoms with Gasteiger partial charge in [-0.25, -0.2) is 9.78 Å². The zero-order valence-corrected chi connectivity index (χ0v) is 13.0. The van der Waals surface area contributed by atoms with E-state index in [-0.39, 0.29) is 6.61 Å². The van der Waals surface area contributed by atoms with E-state index in [1.54, 1.807) is 12.3 Å². The van der Waals surface area contributed by atoms with Crippen molar-refractivity contribution in [3.8, 4) is 5.88 Å². The molecular formula is C16H17N5O3. The van der Waals surface area contributed by atoms with Gasteiger partial charge < -0.3 is 15.2 Å². The van der Waals surface area contributed by atoms with Gasteiger partial charge in [-0.05, 0) is 5.56 Å². The van der Waals surface area contributed by atoms with Crippen LogP contribution in [0.15, 0.2) is 42.6 Å². The Morgan fingerprint density at radius 2 is 2.17 bits per heavy atom. The predicted molar refractivity (Wildman–Crippen MR) is 88.9 cm³/mol. The highest BCUT2D eigenvalue weighted by atomic mass is 16.5. The molecule has 24 heavy (non-hydrogen) atoms. The van der Waals surface area contributed by atoms with Gasteiger partial charge in [0.2, 0.25) is 5.88 Å². The van der Waals surface area contributed by atoms with Crippen molar-refractivity contribution in [2.45, 2.75) is 6.04 Å². The number of hydrogen-bond acceptors (Lipinski definition) is 5. The molecule has 0 saturated carbocycles. The van der Waals surface area contributed by atoms with Gasteiger partial charge in [-0.15, -0.1) is 5.10 Å². The second kappa shape index (κ2) is 6.97. The minimum Gasteiger partial charge on any atom is -0.479 e. The molecule has 3 aromatic rings. The van der Waals surface area contributed by atoms with Crippen molar-refractivity contribution in [3.05, 3.63) is 48.2 Å². The highest BCUT2D eigenvalue weighted by molar-refractivity contribution is 5.92. The van der Waals surface area contributed by atoms with Gasteiger partial charge >= 0.3 is 6.03 Å². The van der Waals surface area contributed by atoms with E-state index in [1.807, 2.05) is 30.3 Å². The number of nitrogens with one attached hydrogen (secondary N) is 3. The molecule has 0 fully saturated rings. The number of anilines is 1. The Morgan fingerprint density at radius 1 is 1.38 bits per heavy atom. The molecule has 0 saturated heterocycles. The number of benzene rings is 1. The summed E-state index contributed by atoms with van der Waals surface area (Å²) >= 11 is 0. The minimum atomic E-state index is -0.498. The van der Waals surface area contributed by atoms with Crippen LogP contribution in [0, 0.1) is 0 Å². The van der Waals surface area contributed by atoms with Crippen LogP contribution in [0.2, 0.25) is 0 Å². The van der Waals surface area contributed by atoms with Crippen LogP contribution in [0.3, 0.4) is 0 Å². The van der Waals surface area contributed by atoms with Crippen LogP contribution in [0.5, 0.6) is 5.88 Å². The molecule has 4 N–H and O–H groups in total. The van der Waals surface area contributed by atoms with Crippen molar-refractivity contribution >= 4 is 22.8 Å². The molecule has 0 aliphatic rings. The van der Waals surface area contributed by atoms with Crippen molar-refractivity contribution in [2.24, 2.45) is 0 Å². The van der Waals surface area contributed by atoms with Gasteiger partial charge in [0.15, 0.2) is 0 Å². The Morgan fingerprint density at radius 3 is 2.88 bits per heavy atom. The fourth-order valence-electron chi connectivity index (χ4n) is 2.34. The van der Waals surface area contributed by atoms with E-state index in [0.717, 1.165) is 10.9 Å². The molecule has 0 bridgehead atoms. The Bertz CT molecular complexity index is 834. The van der Waals surface area contributed by atoms with Crippen molar-refractivity contribution < 1.29 is 14.6 Å². The molecule has 2 amide bonds. The number of nitrogens with zero attached hydrogens (tertiary/aromatic N) is 2. The summed E-state index contributed by atoms with van der Waals surface area (Å²) in [6.45, 7) is -0.207. The number of aromatic amines is 1. The van der Waals surface area contributed by atoms with Gasteiger partial charge in [-0.1, -0.05) is 30.3 Å². The summed E-state index contributed by atoms with van der Waals surface area (Å²) in [5, 5.41) is 22.3. The van der Waals surface area contributed by atoms with Crippen molar-refractivity contribution in [1.29, 1.82) is 0 Å². The lowest BCUT2D eigenvalue weighted by Crippen LogP contribution is -2.34. The lowest BCUT2D eigenvalue weighted by molar-refractivity contribution is 0.225. The third-order valence-electron chi connectivity index (χ3n) is 3.54. The van der Waals surface area contributed by atoms with Crippen LogP contribution in [0.25, 0.3) is 10.9 Å². The number of methoxy groups -OCH3 is 1. The third-order valence-corrected chi connectivity index (χ3v) is 3.54. The SMILES string of the molecule is COc1n[nH]c2cc(NC(=O)NC(CO)c3ccccc3)ncc12. The topological polar surface area (TPSA) is 112 Å². The maximum Gasteiger partial charge on any atom is 0.320 e. The molecule has 3 rings (SSSR count). The number of pyridine rings is 1. The van der Waals surface area contributed by atoms with E-state index >= 15 is 0 Å². The van der Waals surface area contributed by atoms with E-state index in [2.05, 4.69) is 25.8 Å². The van der Waals surface area contributed by atoms with E-state index in [1.165, 1.54) is 7.11 Å². The average Bonchev–Trinajstić information content (AvgIpc) is 3.02. The molecule has 8 heteroatoms. The summed E-state index contributed by atoms with van der Waals surface area (Å²) in [5.41, 5.74) is 1.51. The second-order valence-electron chi connectivity index (χ2n) is 5.09. The van der Waals surface area contributed by atoms with Crippen molar-refractivity contribution in [1.82, 2.24) is 20.5 Å². The first kappa shape index (κ1) is 15.8. The molecule has 1 atom stereocenters. The molecule has 124 valence electrons. The summed E-state index contributed by atoms with van der Waals surface area (Å²) in [5.74, 6) is 0.800. The van der Waals surface area contributed by atoms with Gasteiger partial charge in [0.25, 0.3) is 0 Å². The maximum absolute atomic E-state index is 12.1. The molecule has 2 aromatic heterocycles. The lowest BCUT2D eigenvalue weighted by Gasteiger charge is -2.17. The third kappa shape index (κ3) is 3.28. The number of H-pyrrole nitrogens is 1. The van der Waals surface area contributed by atoms with Crippen molar-refractivity contribution in [2.75, 3.05) is 19.0 Å². The van der Waals surface area contributed by atoms with Crippen LogP contribution in [0.4, 0.5) is 10.6 Å². The van der Waals surface area contributed by atoms with E-state index in [0.29, 0.717) is 17.2 Å². The fourth-order valence-corrected chi connectivity index (χ4v) is 2.34. The van der Waals surface area contributed by atoms with Crippen molar-refractivity contribution in [3.63, 3.8) is 0 Å². The summed E-state index contributed by atoms with van der Waals surface area (Å²) in [4.78, 5) is 16.3. The predicted octanol–water partition coefficient (Wildman–Crippen LogP) is 1.82. The first-order valence-electron chi connectivity index (χ1n) is 7.32. The number of urea groups is 1. The molecule has 2 heterocycles. The molecule has 1 unspecified atom stereocenters. The quantitative estimate of drug-likeness (QED) is 0.571. The monoisotopic (exact) mass is 327 g/mol. The zero-order valence-electron chi connectivity index (χ0n) is 13.0. The van der Waals surface area contributed by atoms with E-state index < -0.39 is 12.1 Å². The number of aliphatic hydroxyl groups is 1. The highest BCUT2D eigenvalue weighted by Crippen LogP contribution is 2.23. The van der Waals surface area contributed by atoms with Crippen LogP contribution < -0.4 is 15.4 Å². The number of aromatic nitrogens is 3. The van der Waals surface area contributed by atoms with Crippen LogP contribution in [-0.4, -0.2) is 40.0 Å². The summed E-state index contributed by atoms with van der Waals surface area (Å²) in [6, 6.07) is 9.93. The Kier molecular flexibility index (Phi) is 4.57. The van der Waals surface area contributed by atoms with E-state index in [4.69, 9.17) is 4.74 Å². The molecular weight excluding hydrogens is 310 g/mol.